The molecule has 1 atom stereocenters. The van der Waals surface area contributed by atoms with Crippen LogP contribution in [-0.4, -0.2) is 29.9 Å². The third-order valence-corrected chi connectivity index (χ3v) is 7.50. The highest BCUT2D eigenvalue weighted by molar-refractivity contribution is 7.29. The topological polar surface area (TPSA) is 55.8 Å². The number of unbranched alkanes of at least 4 members (excludes halogenated alkanes) is 1. The van der Waals surface area contributed by atoms with Crippen molar-refractivity contribution in [2.24, 2.45) is 0 Å². The van der Waals surface area contributed by atoms with Crippen LogP contribution in [0.15, 0.2) is 36.4 Å². The van der Waals surface area contributed by atoms with Crippen molar-refractivity contribution in [2.75, 3.05) is 6.61 Å². The molecule has 10 heteroatoms. The monoisotopic (exact) mass is 483 g/mol. The first-order valence-electron chi connectivity index (χ1n) is 10.1. The standard InChI is InChI=1S/C22H20F3NO4S2/c1-2-3-10-29-21(28)26-15(8-9-20(26)27)17-12-19-18(32-17)11-16(31-19)13-4-6-14(7-5-13)30-22(23,24)25/h4-7,11-12,15H,2-3,8-10H2,1H3. The molecule has 1 aromatic carbocycles. The zero-order valence-corrected chi connectivity index (χ0v) is 18.7. The maximum atomic E-state index is 12.4. The van der Waals surface area contributed by atoms with Crippen LogP contribution in [0.3, 0.4) is 0 Å². The molecule has 0 aliphatic carbocycles. The molecule has 0 N–H and O–H groups in total. The van der Waals surface area contributed by atoms with Gasteiger partial charge in [0.25, 0.3) is 0 Å². The SMILES string of the molecule is CCCCOC(=O)N1C(=O)CCC1c1cc2sc(-c3ccc(OC(F)(F)F)cc3)cc2s1. The van der Waals surface area contributed by atoms with Gasteiger partial charge in [-0.15, -0.1) is 35.8 Å². The second-order valence-corrected chi connectivity index (χ2v) is 9.55. The minimum atomic E-state index is -4.72. The maximum Gasteiger partial charge on any atom is 0.573 e. The zero-order chi connectivity index (χ0) is 22.9. The number of benzene rings is 1. The molecule has 1 aliphatic rings. The number of likely N-dealkylation sites (tertiary alicyclic amines) is 1. The second-order valence-electron chi connectivity index (χ2n) is 7.35. The molecule has 170 valence electrons. The normalized spacial score (nSPS) is 16.7. The third-order valence-electron chi connectivity index (χ3n) is 5.06. The summed E-state index contributed by atoms with van der Waals surface area (Å²) in [6.45, 7) is 2.29. The van der Waals surface area contributed by atoms with Crippen molar-refractivity contribution in [1.82, 2.24) is 4.90 Å². The Morgan fingerprint density at radius 3 is 2.53 bits per heavy atom. The van der Waals surface area contributed by atoms with Gasteiger partial charge in [0.05, 0.1) is 12.6 Å². The van der Waals surface area contributed by atoms with Gasteiger partial charge in [-0.2, -0.15) is 0 Å². The smallest absolute Gasteiger partial charge is 0.449 e. The van der Waals surface area contributed by atoms with Crippen molar-refractivity contribution >= 4 is 44.1 Å². The van der Waals surface area contributed by atoms with Crippen LogP contribution in [0.25, 0.3) is 19.8 Å². The number of rotatable bonds is 6. The average Bonchev–Trinajstić information content (AvgIpc) is 3.40. The van der Waals surface area contributed by atoms with E-state index in [9.17, 15) is 22.8 Å². The summed E-state index contributed by atoms with van der Waals surface area (Å²) in [5.41, 5.74) is 0.784. The summed E-state index contributed by atoms with van der Waals surface area (Å²) in [6.07, 6.45) is -2.81. The number of hydrogen-bond donors (Lipinski definition) is 0. The summed E-state index contributed by atoms with van der Waals surface area (Å²) in [5.74, 6) is -0.492. The van der Waals surface area contributed by atoms with E-state index in [1.54, 1.807) is 12.1 Å². The van der Waals surface area contributed by atoms with Gasteiger partial charge >= 0.3 is 12.5 Å². The van der Waals surface area contributed by atoms with Gasteiger partial charge in [-0.25, -0.2) is 9.69 Å². The van der Waals surface area contributed by atoms with Gasteiger partial charge in [0.2, 0.25) is 5.91 Å². The van der Waals surface area contributed by atoms with E-state index in [0.717, 1.165) is 37.6 Å². The first kappa shape index (κ1) is 22.6. The summed E-state index contributed by atoms with van der Waals surface area (Å²) in [5, 5.41) is 0. The summed E-state index contributed by atoms with van der Waals surface area (Å²) in [7, 11) is 0. The van der Waals surface area contributed by atoms with Crippen molar-refractivity contribution in [3.8, 4) is 16.2 Å². The molecule has 32 heavy (non-hydrogen) atoms. The third kappa shape index (κ3) is 4.91. The quantitative estimate of drug-likeness (QED) is 0.350. The van der Waals surface area contributed by atoms with E-state index in [-0.39, 0.29) is 17.7 Å². The number of carbonyl (C=O) groups excluding carboxylic acids is 2. The molecule has 3 aromatic rings. The van der Waals surface area contributed by atoms with Gasteiger partial charge in [-0.3, -0.25) is 4.79 Å². The average molecular weight is 484 g/mol. The molecule has 5 nitrogen and oxygen atoms in total. The first-order chi connectivity index (χ1) is 15.2. The lowest BCUT2D eigenvalue weighted by Crippen LogP contribution is -2.34. The van der Waals surface area contributed by atoms with Crippen LogP contribution in [0, 0.1) is 0 Å². The second kappa shape index (κ2) is 9.11. The van der Waals surface area contributed by atoms with Crippen molar-refractivity contribution < 1.29 is 32.2 Å². The molecule has 1 unspecified atom stereocenters. The van der Waals surface area contributed by atoms with Gasteiger partial charge < -0.3 is 9.47 Å². The van der Waals surface area contributed by atoms with Crippen molar-refractivity contribution in [3.05, 3.63) is 41.3 Å². The van der Waals surface area contributed by atoms with Crippen molar-refractivity contribution in [3.63, 3.8) is 0 Å². The molecule has 1 fully saturated rings. The van der Waals surface area contributed by atoms with Gasteiger partial charge in [0.1, 0.15) is 5.75 Å². The summed E-state index contributed by atoms with van der Waals surface area (Å²) >= 11 is 3.01. The summed E-state index contributed by atoms with van der Waals surface area (Å²) in [4.78, 5) is 27.8. The van der Waals surface area contributed by atoms with Crippen molar-refractivity contribution in [2.45, 2.75) is 45.0 Å². The van der Waals surface area contributed by atoms with E-state index in [2.05, 4.69) is 4.74 Å². The van der Waals surface area contributed by atoms with Gasteiger partial charge in [-0.1, -0.05) is 13.3 Å². The Morgan fingerprint density at radius 1 is 1.16 bits per heavy atom. The molecule has 0 saturated carbocycles. The van der Waals surface area contributed by atoms with E-state index in [1.165, 1.54) is 39.7 Å². The number of imide groups is 1. The molecule has 0 radical (unpaired) electrons. The first-order valence-corrected chi connectivity index (χ1v) is 11.8. The van der Waals surface area contributed by atoms with E-state index >= 15 is 0 Å². The van der Waals surface area contributed by atoms with E-state index < -0.39 is 12.5 Å². The number of thiophene rings is 2. The van der Waals surface area contributed by atoms with Crippen LogP contribution in [0.2, 0.25) is 0 Å². The minimum absolute atomic E-state index is 0.227. The zero-order valence-electron chi connectivity index (χ0n) is 17.1. The number of hydrogen-bond acceptors (Lipinski definition) is 6. The Kier molecular flexibility index (Phi) is 6.43. The Morgan fingerprint density at radius 2 is 1.88 bits per heavy atom. The largest absolute Gasteiger partial charge is 0.573 e. The maximum absolute atomic E-state index is 12.4. The van der Waals surface area contributed by atoms with Crippen molar-refractivity contribution in [1.29, 1.82) is 0 Å². The molecule has 1 saturated heterocycles. The van der Waals surface area contributed by atoms with Gasteiger partial charge in [0, 0.05) is 25.6 Å². The molecule has 0 bridgehead atoms. The highest BCUT2D eigenvalue weighted by Crippen LogP contribution is 2.44. The van der Waals surface area contributed by atoms with Crippen LogP contribution in [0.5, 0.6) is 5.75 Å². The van der Waals surface area contributed by atoms with Gasteiger partial charge in [0.15, 0.2) is 0 Å². The predicted molar refractivity (Wildman–Crippen MR) is 117 cm³/mol. The Hall–Kier alpha value is -2.59. The molecular weight excluding hydrogens is 463 g/mol. The van der Waals surface area contributed by atoms with E-state index in [4.69, 9.17) is 4.74 Å². The number of alkyl halides is 3. The van der Waals surface area contributed by atoms with Gasteiger partial charge in [-0.05, 0) is 54.8 Å². The van der Waals surface area contributed by atoms with Crippen LogP contribution >= 0.6 is 22.7 Å². The number of ether oxygens (including phenoxy) is 2. The van der Waals surface area contributed by atoms with Crippen LogP contribution in [0.1, 0.15) is 43.5 Å². The molecule has 2 aromatic heterocycles. The van der Waals surface area contributed by atoms with Crippen LogP contribution in [-0.2, 0) is 9.53 Å². The molecule has 3 heterocycles. The lowest BCUT2D eigenvalue weighted by molar-refractivity contribution is -0.274. The highest BCUT2D eigenvalue weighted by atomic mass is 32.1. The number of nitrogens with zero attached hydrogens (tertiary/aromatic N) is 1. The molecule has 2 amide bonds. The molecular formula is C22H20F3NO4S2. The lowest BCUT2D eigenvalue weighted by Gasteiger charge is -2.21. The Balaban J connectivity index is 1.51. The lowest BCUT2D eigenvalue weighted by atomic mass is 10.2. The fourth-order valence-corrected chi connectivity index (χ4v) is 6.08. The molecule has 1 aliphatic heterocycles. The fraction of sp³-hybridized carbons (Fsp3) is 0.364. The molecule has 4 rings (SSSR count). The van der Waals surface area contributed by atoms with E-state index in [0.29, 0.717) is 19.4 Å². The van der Waals surface area contributed by atoms with Crippen LogP contribution in [0.4, 0.5) is 18.0 Å². The Labute approximate surface area is 190 Å². The number of halogens is 3. The summed E-state index contributed by atoms with van der Waals surface area (Å²) in [6, 6.07) is 9.35. The van der Waals surface area contributed by atoms with E-state index in [1.807, 2.05) is 19.1 Å². The van der Waals surface area contributed by atoms with Crippen LogP contribution < -0.4 is 4.74 Å². The summed E-state index contributed by atoms with van der Waals surface area (Å²) < 4.78 is 48.2. The predicted octanol–water partition coefficient (Wildman–Crippen LogP) is 7.13. The number of carbonyl (C=O) groups is 2. The number of fused-ring (bicyclic) bond motifs is 1. The Bertz CT molecular complexity index is 1090. The molecule has 0 spiro atoms. The number of amides is 2. The highest BCUT2D eigenvalue weighted by Gasteiger charge is 2.39. The fourth-order valence-electron chi connectivity index (χ4n) is 3.54. The minimum Gasteiger partial charge on any atom is -0.449 e.